The number of rotatable bonds is 4. The molecule has 0 saturated carbocycles. The van der Waals surface area contributed by atoms with Crippen molar-refractivity contribution in [3.05, 3.63) is 21.9 Å². The summed E-state index contributed by atoms with van der Waals surface area (Å²) in [6, 6.07) is 3.91. The summed E-state index contributed by atoms with van der Waals surface area (Å²) < 4.78 is 5.24. The summed E-state index contributed by atoms with van der Waals surface area (Å²) in [6.45, 7) is 4.03. The Bertz CT molecular complexity index is 455. The summed E-state index contributed by atoms with van der Waals surface area (Å²) >= 11 is 1.68. The van der Waals surface area contributed by atoms with E-state index in [1.807, 2.05) is 19.1 Å². The largest absolute Gasteiger partial charge is 0.388 e. The van der Waals surface area contributed by atoms with Crippen LogP contribution in [0.25, 0.3) is 0 Å². The average molecular weight is 298 g/mol. The van der Waals surface area contributed by atoms with Gasteiger partial charge >= 0.3 is 6.03 Å². The SMILES string of the molecule is Cc1ccc(CNC(=O)N(C)CC2(O)CCOCC2)s1. The van der Waals surface area contributed by atoms with Crippen LogP contribution >= 0.6 is 11.3 Å². The summed E-state index contributed by atoms with van der Waals surface area (Å²) in [5.74, 6) is 0. The fourth-order valence-corrected chi connectivity index (χ4v) is 3.13. The first-order chi connectivity index (χ1) is 9.48. The van der Waals surface area contributed by atoms with Crippen molar-refractivity contribution in [1.29, 1.82) is 0 Å². The number of carbonyl (C=O) groups is 1. The molecule has 2 N–H and O–H groups in total. The van der Waals surface area contributed by atoms with E-state index in [1.54, 1.807) is 23.3 Å². The third-order valence-corrected chi connectivity index (χ3v) is 4.51. The van der Waals surface area contributed by atoms with Gasteiger partial charge in [-0.15, -0.1) is 11.3 Å². The molecule has 1 aliphatic heterocycles. The second-order valence-electron chi connectivity index (χ2n) is 5.36. The van der Waals surface area contributed by atoms with Crippen LogP contribution in [0.5, 0.6) is 0 Å². The van der Waals surface area contributed by atoms with Gasteiger partial charge in [-0.25, -0.2) is 4.79 Å². The van der Waals surface area contributed by atoms with Crippen LogP contribution in [0.4, 0.5) is 4.79 Å². The highest BCUT2D eigenvalue weighted by Crippen LogP contribution is 2.21. The van der Waals surface area contributed by atoms with Crippen molar-refractivity contribution < 1.29 is 14.6 Å². The number of ether oxygens (including phenoxy) is 1. The zero-order valence-corrected chi connectivity index (χ0v) is 12.8. The van der Waals surface area contributed by atoms with Gasteiger partial charge in [0, 0.05) is 42.9 Å². The fraction of sp³-hybridized carbons (Fsp3) is 0.643. The number of carbonyl (C=O) groups excluding carboxylic acids is 1. The highest BCUT2D eigenvalue weighted by Gasteiger charge is 2.32. The molecule has 2 rings (SSSR count). The predicted octanol–water partition coefficient (Wildman–Crippen LogP) is 1.74. The van der Waals surface area contributed by atoms with E-state index >= 15 is 0 Å². The Labute approximate surface area is 123 Å². The van der Waals surface area contributed by atoms with Gasteiger partial charge in [0.15, 0.2) is 0 Å². The van der Waals surface area contributed by atoms with E-state index in [9.17, 15) is 9.90 Å². The quantitative estimate of drug-likeness (QED) is 0.890. The van der Waals surface area contributed by atoms with Gasteiger partial charge in [-0.1, -0.05) is 0 Å². The van der Waals surface area contributed by atoms with Gasteiger partial charge in [0.1, 0.15) is 0 Å². The van der Waals surface area contributed by atoms with Gasteiger partial charge in [0.25, 0.3) is 0 Å². The van der Waals surface area contributed by atoms with E-state index < -0.39 is 5.60 Å². The lowest BCUT2D eigenvalue weighted by molar-refractivity contribution is -0.0722. The molecule has 5 nitrogen and oxygen atoms in total. The molecule has 2 heterocycles. The Kier molecular flexibility index (Phi) is 5.01. The van der Waals surface area contributed by atoms with E-state index in [2.05, 4.69) is 5.32 Å². The van der Waals surface area contributed by atoms with E-state index in [-0.39, 0.29) is 6.03 Å². The van der Waals surface area contributed by atoms with Crippen molar-refractivity contribution in [2.45, 2.75) is 31.9 Å². The van der Waals surface area contributed by atoms with E-state index in [1.165, 1.54) is 4.88 Å². The van der Waals surface area contributed by atoms with Gasteiger partial charge < -0.3 is 20.1 Å². The van der Waals surface area contributed by atoms with Crippen LogP contribution in [-0.4, -0.2) is 48.4 Å². The summed E-state index contributed by atoms with van der Waals surface area (Å²) in [6.07, 6.45) is 1.16. The standard InChI is InChI=1S/C14H22N2O3S/c1-11-3-4-12(20-11)9-15-13(17)16(2)10-14(18)5-7-19-8-6-14/h3-4,18H,5-10H2,1-2H3,(H,15,17). The summed E-state index contributed by atoms with van der Waals surface area (Å²) in [5, 5.41) is 13.3. The molecular weight excluding hydrogens is 276 g/mol. The molecule has 112 valence electrons. The number of likely N-dealkylation sites (N-methyl/N-ethyl adjacent to an activating group) is 1. The lowest BCUT2D eigenvalue weighted by Crippen LogP contribution is -2.49. The highest BCUT2D eigenvalue weighted by molar-refractivity contribution is 7.11. The number of nitrogens with one attached hydrogen (secondary N) is 1. The Balaban J connectivity index is 1.79. The minimum Gasteiger partial charge on any atom is -0.388 e. The molecule has 0 radical (unpaired) electrons. The number of hydrogen-bond donors (Lipinski definition) is 2. The highest BCUT2D eigenvalue weighted by atomic mass is 32.1. The van der Waals surface area contributed by atoms with Crippen LogP contribution in [-0.2, 0) is 11.3 Å². The van der Waals surface area contributed by atoms with Gasteiger partial charge in [-0.05, 0) is 19.1 Å². The maximum Gasteiger partial charge on any atom is 0.317 e. The van der Waals surface area contributed by atoms with Crippen LogP contribution < -0.4 is 5.32 Å². The number of aryl methyl sites for hydroxylation is 1. The molecule has 20 heavy (non-hydrogen) atoms. The van der Waals surface area contributed by atoms with Crippen molar-refractivity contribution in [3.8, 4) is 0 Å². The number of urea groups is 1. The summed E-state index contributed by atoms with van der Waals surface area (Å²) in [5.41, 5.74) is -0.816. The van der Waals surface area contributed by atoms with Crippen molar-refractivity contribution in [3.63, 3.8) is 0 Å². The molecule has 1 fully saturated rings. The van der Waals surface area contributed by atoms with Crippen LogP contribution in [0, 0.1) is 6.92 Å². The molecule has 6 heteroatoms. The van der Waals surface area contributed by atoms with Gasteiger partial charge in [-0.3, -0.25) is 0 Å². The van der Waals surface area contributed by atoms with Crippen molar-refractivity contribution in [2.75, 3.05) is 26.8 Å². The summed E-state index contributed by atoms with van der Waals surface area (Å²) in [7, 11) is 1.71. The molecule has 1 aliphatic rings. The fourth-order valence-electron chi connectivity index (χ4n) is 2.30. The number of aliphatic hydroxyl groups is 1. The summed E-state index contributed by atoms with van der Waals surface area (Å²) in [4.78, 5) is 15.9. The molecule has 1 aromatic rings. The Morgan fingerprint density at radius 3 is 2.80 bits per heavy atom. The molecule has 2 amide bonds. The number of hydrogen-bond acceptors (Lipinski definition) is 4. The van der Waals surface area contributed by atoms with Gasteiger partial charge in [0.05, 0.1) is 18.7 Å². The van der Waals surface area contributed by atoms with Crippen LogP contribution in [0.15, 0.2) is 12.1 Å². The molecule has 0 spiro atoms. The topological polar surface area (TPSA) is 61.8 Å². The first kappa shape index (κ1) is 15.3. The van der Waals surface area contributed by atoms with Crippen molar-refractivity contribution >= 4 is 17.4 Å². The average Bonchev–Trinajstić information content (AvgIpc) is 2.82. The second-order valence-corrected chi connectivity index (χ2v) is 6.74. The van der Waals surface area contributed by atoms with Crippen molar-refractivity contribution in [2.24, 2.45) is 0 Å². The van der Waals surface area contributed by atoms with Crippen LogP contribution in [0.1, 0.15) is 22.6 Å². The Morgan fingerprint density at radius 1 is 1.50 bits per heavy atom. The second kappa shape index (κ2) is 6.56. The first-order valence-corrected chi connectivity index (χ1v) is 7.65. The molecule has 0 aliphatic carbocycles. The van der Waals surface area contributed by atoms with E-state index in [4.69, 9.17) is 4.74 Å². The van der Waals surface area contributed by atoms with Crippen molar-refractivity contribution in [1.82, 2.24) is 10.2 Å². The minimum absolute atomic E-state index is 0.157. The normalized spacial score (nSPS) is 17.8. The number of thiophene rings is 1. The number of nitrogens with zero attached hydrogens (tertiary/aromatic N) is 1. The van der Waals surface area contributed by atoms with E-state index in [0.29, 0.717) is 39.1 Å². The van der Waals surface area contributed by atoms with Crippen LogP contribution in [0.2, 0.25) is 0 Å². The molecule has 0 bridgehead atoms. The van der Waals surface area contributed by atoms with Gasteiger partial charge in [0.2, 0.25) is 0 Å². The van der Waals surface area contributed by atoms with Crippen LogP contribution in [0.3, 0.4) is 0 Å². The first-order valence-electron chi connectivity index (χ1n) is 6.83. The maximum atomic E-state index is 12.0. The predicted molar refractivity (Wildman–Crippen MR) is 78.9 cm³/mol. The minimum atomic E-state index is -0.816. The molecule has 0 unspecified atom stereocenters. The zero-order chi connectivity index (χ0) is 14.6. The molecule has 1 aromatic heterocycles. The van der Waals surface area contributed by atoms with E-state index in [0.717, 1.165) is 4.88 Å². The molecular formula is C14H22N2O3S. The Hall–Kier alpha value is -1.11. The molecule has 0 atom stereocenters. The monoisotopic (exact) mass is 298 g/mol. The number of amides is 2. The lowest BCUT2D eigenvalue weighted by Gasteiger charge is -2.35. The Morgan fingerprint density at radius 2 is 2.20 bits per heavy atom. The lowest BCUT2D eigenvalue weighted by atomic mass is 9.94. The molecule has 0 aromatic carbocycles. The maximum absolute atomic E-state index is 12.0. The third kappa shape index (κ3) is 4.19. The smallest absolute Gasteiger partial charge is 0.317 e. The zero-order valence-electron chi connectivity index (χ0n) is 12.0. The van der Waals surface area contributed by atoms with Gasteiger partial charge in [-0.2, -0.15) is 0 Å². The third-order valence-electron chi connectivity index (χ3n) is 3.51. The molecule has 1 saturated heterocycles.